The molecule has 1 atom stereocenters. The number of amides is 2. The number of carbonyl (C=O) groups is 2. The van der Waals surface area contributed by atoms with Gasteiger partial charge in [0.1, 0.15) is 5.75 Å². The van der Waals surface area contributed by atoms with Gasteiger partial charge in [-0.05, 0) is 67.2 Å². The highest BCUT2D eigenvalue weighted by molar-refractivity contribution is 7.10. The van der Waals surface area contributed by atoms with Crippen molar-refractivity contribution in [2.75, 3.05) is 30.8 Å². The van der Waals surface area contributed by atoms with Gasteiger partial charge in [-0.3, -0.25) is 14.5 Å². The Balaban J connectivity index is 1.41. The van der Waals surface area contributed by atoms with Gasteiger partial charge in [0, 0.05) is 16.6 Å². The standard InChI is InChI=1S/C24H25N3O3S/c1-30-18-12-10-17(11-13-18)25-24(29)19-6-2-3-7-20(19)26-23(28)16-27-14-4-8-21(27)22-9-5-15-31-22/h2-3,5-7,9-13,15,21H,4,8,14,16H2,1H3,(H,25,29)(H,26,28). The molecule has 0 saturated carbocycles. The van der Waals surface area contributed by atoms with E-state index >= 15 is 0 Å². The van der Waals surface area contributed by atoms with Crippen molar-refractivity contribution in [2.45, 2.75) is 18.9 Å². The molecule has 2 heterocycles. The van der Waals surface area contributed by atoms with Gasteiger partial charge in [0.05, 0.1) is 24.9 Å². The van der Waals surface area contributed by atoms with E-state index in [1.807, 2.05) is 12.1 Å². The zero-order valence-electron chi connectivity index (χ0n) is 17.3. The zero-order chi connectivity index (χ0) is 21.6. The summed E-state index contributed by atoms with van der Waals surface area (Å²) in [6.07, 6.45) is 2.14. The lowest BCUT2D eigenvalue weighted by atomic mass is 10.1. The van der Waals surface area contributed by atoms with Gasteiger partial charge in [0.25, 0.3) is 5.91 Å². The number of benzene rings is 2. The van der Waals surface area contributed by atoms with E-state index in [1.165, 1.54) is 4.88 Å². The van der Waals surface area contributed by atoms with Crippen LogP contribution in [0.15, 0.2) is 66.0 Å². The molecule has 0 spiro atoms. The number of methoxy groups -OCH3 is 1. The van der Waals surface area contributed by atoms with Crippen molar-refractivity contribution in [1.29, 1.82) is 0 Å². The van der Waals surface area contributed by atoms with Crippen molar-refractivity contribution in [3.63, 3.8) is 0 Å². The lowest BCUT2D eigenvalue weighted by molar-refractivity contribution is -0.117. The van der Waals surface area contributed by atoms with Crippen LogP contribution < -0.4 is 15.4 Å². The van der Waals surface area contributed by atoms with Crippen LogP contribution >= 0.6 is 11.3 Å². The zero-order valence-corrected chi connectivity index (χ0v) is 18.2. The predicted octanol–water partition coefficient (Wildman–Crippen LogP) is 4.78. The van der Waals surface area contributed by atoms with Crippen LogP contribution in [0.1, 0.15) is 34.1 Å². The summed E-state index contributed by atoms with van der Waals surface area (Å²) < 4.78 is 5.14. The smallest absolute Gasteiger partial charge is 0.257 e. The average molecular weight is 436 g/mol. The Morgan fingerprint density at radius 3 is 2.61 bits per heavy atom. The highest BCUT2D eigenvalue weighted by atomic mass is 32.1. The molecule has 0 radical (unpaired) electrons. The summed E-state index contributed by atoms with van der Waals surface area (Å²) in [5, 5.41) is 7.87. The van der Waals surface area contributed by atoms with E-state index < -0.39 is 0 Å². The van der Waals surface area contributed by atoms with E-state index in [9.17, 15) is 9.59 Å². The Kier molecular flexibility index (Phi) is 6.64. The monoisotopic (exact) mass is 435 g/mol. The maximum atomic E-state index is 12.8. The molecular formula is C24H25N3O3S. The number of para-hydroxylation sites is 1. The molecule has 1 aliphatic heterocycles. The highest BCUT2D eigenvalue weighted by Gasteiger charge is 2.28. The summed E-state index contributed by atoms with van der Waals surface area (Å²) in [4.78, 5) is 29.1. The lowest BCUT2D eigenvalue weighted by Gasteiger charge is -2.23. The molecule has 1 aliphatic rings. The van der Waals surface area contributed by atoms with Crippen LogP contribution in [0.2, 0.25) is 0 Å². The van der Waals surface area contributed by atoms with Gasteiger partial charge in [-0.1, -0.05) is 18.2 Å². The van der Waals surface area contributed by atoms with Gasteiger partial charge in [-0.25, -0.2) is 0 Å². The summed E-state index contributed by atoms with van der Waals surface area (Å²) in [7, 11) is 1.59. The van der Waals surface area contributed by atoms with Crippen LogP contribution in [0.5, 0.6) is 5.75 Å². The second-order valence-electron chi connectivity index (χ2n) is 7.42. The number of nitrogens with zero attached hydrogens (tertiary/aromatic N) is 1. The van der Waals surface area contributed by atoms with Crippen molar-refractivity contribution >= 4 is 34.5 Å². The van der Waals surface area contributed by atoms with Gasteiger partial charge in [-0.2, -0.15) is 0 Å². The Morgan fingerprint density at radius 2 is 1.87 bits per heavy atom. The van der Waals surface area contributed by atoms with Crippen LogP contribution in [-0.4, -0.2) is 36.9 Å². The first-order chi connectivity index (χ1) is 15.1. The summed E-state index contributed by atoms with van der Waals surface area (Å²) in [6.45, 7) is 1.20. The Morgan fingerprint density at radius 1 is 1.06 bits per heavy atom. The van der Waals surface area contributed by atoms with Gasteiger partial charge >= 0.3 is 0 Å². The minimum absolute atomic E-state index is 0.117. The number of anilines is 2. The summed E-state index contributed by atoms with van der Waals surface area (Å²) in [5.74, 6) is 0.320. The van der Waals surface area contributed by atoms with Crippen LogP contribution in [0.3, 0.4) is 0 Å². The molecule has 3 aromatic rings. The lowest BCUT2D eigenvalue weighted by Crippen LogP contribution is -2.33. The molecule has 2 N–H and O–H groups in total. The van der Waals surface area contributed by atoms with E-state index in [0.717, 1.165) is 19.4 Å². The SMILES string of the molecule is COc1ccc(NC(=O)c2ccccc2NC(=O)CN2CCCC2c2cccs2)cc1. The molecule has 160 valence electrons. The maximum absolute atomic E-state index is 12.8. The molecule has 31 heavy (non-hydrogen) atoms. The largest absolute Gasteiger partial charge is 0.497 e. The van der Waals surface area contributed by atoms with E-state index in [4.69, 9.17) is 4.74 Å². The van der Waals surface area contributed by atoms with E-state index in [-0.39, 0.29) is 11.8 Å². The van der Waals surface area contributed by atoms with E-state index in [1.54, 1.807) is 60.9 Å². The van der Waals surface area contributed by atoms with Crippen LogP contribution in [0.25, 0.3) is 0 Å². The third-order valence-corrected chi connectivity index (χ3v) is 6.35. The first-order valence-electron chi connectivity index (χ1n) is 10.3. The molecule has 7 heteroatoms. The molecule has 6 nitrogen and oxygen atoms in total. The van der Waals surface area contributed by atoms with Crippen molar-refractivity contribution in [3.8, 4) is 5.75 Å². The third-order valence-electron chi connectivity index (χ3n) is 5.38. The van der Waals surface area contributed by atoms with Gasteiger partial charge in [0.2, 0.25) is 5.91 Å². The average Bonchev–Trinajstić information content (AvgIpc) is 3.46. The number of carbonyl (C=O) groups excluding carboxylic acids is 2. The second kappa shape index (κ2) is 9.76. The minimum atomic E-state index is -0.279. The second-order valence-corrected chi connectivity index (χ2v) is 8.40. The first-order valence-corrected chi connectivity index (χ1v) is 11.1. The van der Waals surface area contributed by atoms with Crippen LogP contribution in [-0.2, 0) is 4.79 Å². The molecule has 1 unspecified atom stereocenters. The highest BCUT2D eigenvalue weighted by Crippen LogP contribution is 2.34. The molecule has 2 amide bonds. The summed E-state index contributed by atoms with van der Waals surface area (Å²) in [5.41, 5.74) is 1.58. The quantitative estimate of drug-likeness (QED) is 0.560. The van der Waals surface area contributed by atoms with Gasteiger partial charge in [0.15, 0.2) is 0 Å². The van der Waals surface area contributed by atoms with E-state index in [0.29, 0.717) is 35.3 Å². The van der Waals surface area contributed by atoms with Crippen molar-refractivity contribution in [1.82, 2.24) is 4.90 Å². The normalized spacial score (nSPS) is 16.1. The topological polar surface area (TPSA) is 70.7 Å². The van der Waals surface area contributed by atoms with Crippen molar-refractivity contribution < 1.29 is 14.3 Å². The summed E-state index contributed by atoms with van der Waals surface area (Å²) >= 11 is 1.73. The van der Waals surface area contributed by atoms with Crippen LogP contribution in [0, 0.1) is 0 Å². The fourth-order valence-electron chi connectivity index (χ4n) is 3.86. The molecule has 0 bridgehead atoms. The Labute approximate surface area is 185 Å². The third kappa shape index (κ3) is 5.13. The Bertz CT molecular complexity index is 1030. The summed E-state index contributed by atoms with van der Waals surface area (Å²) in [6, 6.07) is 18.6. The minimum Gasteiger partial charge on any atom is -0.497 e. The molecule has 0 aliphatic carbocycles. The fourth-order valence-corrected chi connectivity index (χ4v) is 4.75. The van der Waals surface area contributed by atoms with E-state index in [2.05, 4.69) is 27.0 Å². The number of hydrogen-bond donors (Lipinski definition) is 2. The first kappa shape index (κ1) is 21.1. The molecule has 1 fully saturated rings. The molecule has 1 aromatic heterocycles. The van der Waals surface area contributed by atoms with Crippen molar-refractivity contribution in [2.24, 2.45) is 0 Å². The molecule has 2 aromatic carbocycles. The molecule has 4 rings (SSSR count). The maximum Gasteiger partial charge on any atom is 0.257 e. The number of thiophene rings is 1. The van der Waals surface area contributed by atoms with Gasteiger partial charge < -0.3 is 15.4 Å². The van der Waals surface area contributed by atoms with Gasteiger partial charge in [-0.15, -0.1) is 11.3 Å². The number of hydrogen-bond acceptors (Lipinski definition) is 5. The number of likely N-dealkylation sites (tertiary alicyclic amines) is 1. The number of nitrogens with one attached hydrogen (secondary N) is 2. The number of ether oxygens (including phenoxy) is 1. The fraction of sp³-hybridized carbons (Fsp3) is 0.250. The number of rotatable bonds is 7. The van der Waals surface area contributed by atoms with Crippen molar-refractivity contribution in [3.05, 3.63) is 76.5 Å². The Hall–Kier alpha value is -3.16. The molecule has 1 saturated heterocycles. The van der Waals surface area contributed by atoms with Crippen LogP contribution in [0.4, 0.5) is 11.4 Å². The predicted molar refractivity (Wildman–Crippen MR) is 124 cm³/mol. The molecular weight excluding hydrogens is 410 g/mol.